The third-order valence-electron chi connectivity index (χ3n) is 4.26. The Morgan fingerprint density at radius 2 is 2.10 bits per heavy atom. The number of rotatable bonds is 3. The van der Waals surface area contributed by atoms with Crippen LogP contribution in [0.25, 0.3) is 10.9 Å². The number of fused-ring (bicyclic) bond motifs is 1. The molecule has 0 atom stereocenters. The highest BCUT2D eigenvalue weighted by atomic mass is 19.1. The van der Waals surface area contributed by atoms with Crippen molar-refractivity contribution in [3.8, 4) is 0 Å². The van der Waals surface area contributed by atoms with Crippen LogP contribution in [0.5, 0.6) is 0 Å². The fraction of sp³-hybridized carbons (Fsp3) is 0.438. The summed E-state index contributed by atoms with van der Waals surface area (Å²) in [6.45, 7) is 0.694. The van der Waals surface area contributed by atoms with Crippen LogP contribution in [0.4, 0.5) is 15.8 Å². The molecule has 1 heterocycles. The smallest absolute Gasteiger partial charge is 0.150 e. The SMILES string of the molecule is Nc1cc(F)c(NCC2CCC(O)CC2)c2ncccc12. The average Bonchev–Trinajstić information content (AvgIpc) is 2.49. The number of hydrogen-bond acceptors (Lipinski definition) is 4. The van der Waals surface area contributed by atoms with Gasteiger partial charge in [-0.2, -0.15) is 0 Å². The van der Waals surface area contributed by atoms with Gasteiger partial charge in [-0.05, 0) is 49.8 Å². The van der Waals surface area contributed by atoms with E-state index in [0.29, 0.717) is 29.4 Å². The van der Waals surface area contributed by atoms with E-state index < -0.39 is 0 Å². The van der Waals surface area contributed by atoms with E-state index in [4.69, 9.17) is 5.73 Å². The fourth-order valence-electron chi connectivity index (χ4n) is 3.00. The van der Waals surface area contributed by atoms with Gasteiger partial charge in [-0.25, -0.2) is 4.39 Å². The van der Waals surface area contributed by atoms with Crippen LogP contribution in [0.15, 0.2) is 24.4 Å². The molecule has 4 nitrogen and oxygen atoms in total. The molecule has 21 heavy (non-hydrogen) atoms. The lowest BCUT2D eigenvalue weighted by atomic mass is 9.87. The second-order valence-electron chi connectivity index (χ2n) is 5.78. The Morgan fingerprint density at radius 1 is 1.33 bits per heavy atom. The van der Waals surface area contributed by atoms with E-state index in [-0.39, 0.29) is 11.9 Å². The number of nitrogen functional groups attached to an aromatic ring is 1. The van der Waals surface area contributed by atoms with Gasteiger partial charge in [0.05, 0.1) is 17.3 Å². The summed E-state index contributed by atoms with van der Waals surface area (Å²) >= 11 is 0. The van der Waals surface area contributed by atoms with Crippen molar-refractivity contribution < 1.29 is 9.50 Å². The Bertz CT molecular complexity index is 639. The van der Waals surface area contributed by atoms with Crippen LogP contribution < -0.4 is 11.1 Å². The number of hydrogen-bond donors (Lipinski definition) is 3. The molecule has 3 rings (SSSR count). The Balaban J connectivity index is 1.80. The number of nitrogens with two attached hydrogens (primary N) is 1. The van der Waals surface area contributed by atoms with E-state index in [2.05, 4.69) is 10.3 Å². The highest BCUT2D eigenvalue weighted by Crippen LogP contribution is 2.31. The first-order valence-electron chi connectivity index (χ1n) is 7.40. The molecule has 1 aliphatic carbocycles. The van der Waals surface area contributed by atoms with Crippen LogP contribution >= 0.6 is 0 Å². The van der Waals surface area contributed by atoms with Crippen LogP contribution in [0, 0.1) is 11.7 Å². The van der Waals surface area contributed by atoms with Crippen molar-refractivity contribution >= 4 is 22.3 Å². The first-order valence-corrected chi connectivity index (χ1v) is 7.40. The number of nitrogens with zero attached hydrogens (tertiary/aromatic N) is 1. The van der Waals surface area contributed by atoms with E-state index >= 15 is 0 Å². The third-order valence-corrected chi connectivity index (χ3v) is 4.26. The number of aliphatic hydroxyl groups is 1. The summed E-state index contributed by atoms with van der Waals surface area (Å²) in [6.07, 6.45) is 5.07. The molecule has 0 spiro atoms. The molecule has 0 saturated heterocycles. The summed E-state index contributed by atoms with van der Waals surface area (Å²) in [5.41, 5.74) is 7.25. The third kappa shape index (κ3) is 2.93. The molecule has 1 aromatic heterocycles. The van der Waals surface area contributed by atoms with Gasteiger partial charge in [-0.15, -0.1) is 0 Å². The largest absolute Gasteiger partial charge is 0.398 e. The highest BCUT2D eigenvalue weighted by molar-refractivity contribution is 5.98. The topological polar surface area (TPSA) is 71.2 Å². The predicted molar refractivity (Wildman–Crippen MR) is 82.6 cm³/mol. The molecule has 0 radical (unpaired) electrons. The Labute approximate surface area is 123 Å². The van der Waals surface area contributed by atoms with E-state index in [1.54, 1.807) is 12.3 Å². The van der Waals surface area contributed by atoms with Crippen molar-refractivity contribution in [2.24, 2.45) is 5.92 Å². The standard InChI is InChI=1S/C16H20FN3O/c17-13-8-14(18)12-2-1-7-19-15(12)16(13)20-9-10-3-5-11(21)6-4-10/h1-2,7-8,10-11,20-21H,3-6,9,18H2. The quantitative estimate of drug-likeness (QED) is 0.760. The van der Waals surface area contributed by atoms with E-state index in [9.17, 15) is 9.50 Å². The lowest BCUT2D eigenvalue weighted by Gasteiger charge is -2.26. The van der Waals surface area contributed by atoms with Crippen LogP contribution in [-0.2, 0) is 0 Å². The number of nitrogens with one attached hydrogen (secondary N) is 1. The van der Waals surface area contributed by atoms with Gasteiger partial charge in [0.15, 0.2) is 5.82 Å². The maximum absolute atomic E-state index is 14.2. The first-order chi connectivity index (χ1) is 10.1. The van der Waals surface area contributed by atoms with Crippen LogP contribution in [0.2, 0.25) is 0 Å². The first kappa shape index (κ1) is 14.1. The second kappa shape index (κ2) is 5.85. The lowest BCUT2D eigenvalue weighted by Crippen LogP contribution is -2.24. The van der Waals surface area contributed by atoms with Crippen molar-refractivity contribution in [2.75, 3.05) is 17.6 Å². The van der Waals surface area contributed by atoms with Crippen LogP contribution in [0.1, 0.15) is 25.7 Å². The molecule has 0 bridgehead atoms. The van der Waals surface area contributed by atoms with Gasteiger partial charge in [-0.3, -0.25) is 4.98 Å². The zero-order chi connectivity index (χ0) is 14.8. The summed E-state index contributed by atoms with van der Waals surface area (Å²) in [7, 11) is 0. The molecule has 0 amide bonds. The Morgan fingerprint density at radius 3 is 2.86 bits per heavy atom. The average molecular weight is 289 g/mol. The molecule has 0 aliphatic heterocycles. The molecule has 0 unspecified atom stereocenters. The van der Waals surface area contributed by atoms with Crippen LogP contribution in [-0.4, -0.2) is 22.7 Å². The molecule has 5 heteroatoms. The van der Waals surface area contributed by atoms with Crippen molar-refractivity contribution in [2.45, 2.75) is 31.8 Å². The summed E-state index contributed by atoms with van der Waals surface area (Å²) < 4.78 is 14.2. The van der Waals surface area contributed by atoms with Gasteiger partial charge >= 0.3 is 0 Å². The molecule has 112 valence electrons. The van der Waals surface area contributed by atoms with Gasteiger partial charge in [0.25, 0.3) is 0 Å². The van der Waals surface area contributed by atoms with Crippen molar-refractivity contribution in [3.05, 3.63) is 30.2 Å². The molecule has 1 saturated carbocycles. The summed E-state index contributed by atoms with van der Waals surface area (Å²) in [5, 5.41) is 13.5. The maximum Gasteiger partial charge on any atom is 0.150 e. The zero-order valence-corrected chi connectivity index (χ0v) is 11.8. The van der Waals surface area contributed by atoms with Crippen molar-refractivity contribution in [3.63, 3.8) is 0 Å². The number of aromatic nitrogens is 1. The number of aliphatic hydroxyl groups excluding tert-OH is 1. The molecule has 1 aliphatic rings. The Hall–Kier alpha value is -1.88. The fourth-order valence-corrected chi connectivity index (χ4v) is 3.00. The van der Waals surface area contributed by atoms with E-state index in [0.717, 1.165) is 31.1 Å². The highest BCUT2D eigenvalue weighted by Gasteiger charge is 2.20. The van der Waals surface area contributed by atoms with Gasteiger partial charge < -0.3 is 16.2 Å². The normalized spacial score (nSPS) is 22.4. The number of benzene rings is 1. The second-order valence-corrected chi connectivity index (χ2v) is 5.78. The zero-order valence-electron chi connectivity index (χ0n) is 11.8. The molecular formula is C16H20FN3O. The molecule has 4 N–H and O–H groups in total. The number of pyridine rings is 1. The van der Waals surface area contributed by atoms with Gasteiger partial charge in [-0.1, -0.05) is 0 Å². The monoisotopic (exact) mass is 289 g/mol. The minimum atomic E-state index is -0.366. The van der Waals surface area contributed by atoms with Crippen molar-refractivity contribution in [1.29, 1.82) is 0 Å². The molecule has 1 aromatic carbocycles. The van der Waals surface area contributed by atoms with Gasteiger partial charge in [0, 0.05) is 23.8 Å². The van der Waals surface area contributed by atoms with Gasteiger partial charge in [0.1, 0.15) is 0 Å². The van der Waals surface area contributed by atoms with Crippen LogP contribution in [0.3, 0.4) is 0 Å². The number of halogens is 1. The molecule has 2 aromatic rings. The summed E-state index contributed by atoms with van der Waals surface area (Å²) in [5.74, 6) is 0.0960. The minimum absolute atomic E-state index is 0.169. The molecule has 1 fully saturated rings. The summed E-state index contributed by atoms with van der Waals surface area (Å²) in [4.78, 5) is 4.26. The Kier molecular flexibility index (Phi) is 3.92. The lowest BCUT2D eigenvalue weighted by molar-refractivity contribution is 0.111. The van der Waals surface area contributed by atoms with Crippen molar-refractivity contribution in [1.82, 2.24) is 4.98 Å². The number of anilines is 2. The maximum atomic E-state index is 14.2. The predicted octanol–water partition coefficient (Wildman–Crippen LogP) is 2.92. The molecular weight excluding hydrogens is 269 g/mol. The van der Waals surface area contributed by atoms with E-state index in [1.807, 2.05) is 6.07 Å². The minimum Gasteiger partial charge on any atom is -0.398 e. The van der Waals surface area contributed by atoms with E-state index in [1.165, 1.54) is 6.07 Å². The summed E-state index contributed by atoms with van der Waals surface area (Å²) in [6, 6.07) is 4.99. The van der Waals surface area contributed by atoms with Gasteiger partial charge in [0.2, 0.25) is 0 Å².